The van der Waals surface area contributed by atoms with Crippen LogP contribution in [0.25, 0.3) is 0 Å². The van der Waals surface area contributed by atoms with Crippen molar-refractivity contribution in [2.24, 2.45) is 0 Å². The van der Waals surface area contributed by atoms with Crippen LogP contribution in [0.5, 0.6) is 11.6 Å². The van der Waals surface area contributed by atoms with Crippen LogP contribution in [0.15, 0.2) is 30.7 Å². The fourth-order valence-electron chi connectivity index (χ4n) is 1.45. The number of nitro groups is 1. The molecule has 0 aliphatic carbocycles. The van der Waals surface area contributed by atoms with Crippen LogP contribution in [0.2, 0.25) is 0 Å². The Morgan fingerprint density at radius 1 is 1.48 bits per heavy atom. The SMILES string of the molecule is N#Cc1cnc(Oc2cnccc2C(=O)O)c([N+](=O)[O-])c1. The second-order valence-corrected chi connectivity index (χ2v) is 3.70. The average molecular weight is 286 g/mol. The summed E-state index contributed by atoms with van der Waals surface area (Å²) >= 11 is 0. The van der Waals surface area contributed by atoms with E-state index in [1.165, 1.54) is 12.3 Å². The van der Waals surface area contributed by atoms with E-state index in [0.29, 0.717) is 0 Å². The molecule has 9 nitrogen and oxygen atoms in total. The Kier molecular flexibility index (Phi) is 3.71. The number of aromatic carboxylic acids is 1. The van der Waals surface area contributed by atoms with Crippen LogP contribution >= 0.6 is 0 Å². The third-order valence-corrected chi connectivity index (χ3v) is 2.38. The Morgan fingerprint density at radius 3 is 2.86 bits per heavy atom. The van der Waals surface area contributed by atoms with Gasteiger partial charge in [-0.2, -0.15) is 5.26 Å². The molecule has 104 valence electrons. The van der Waals surface area contributed by atoms with Crippen molar-refractivity contribution in [1.82, 2.24) is 9.97 Å². The first-order valence-corrected chi connectivity index (χ1v) is 5.42. The first-order valence-electron chi connectivity index (χ1n) is 5.42. The maximum atomic E-state index is 11.0. The fourth-order valence-corrected chi connectivity index (χ4v) is 1.45. The Morgan fingerprint density at radius 2 is 2.24 bits per heavy atom. The quantitative estimate of drug-likeness (QED) is 0.662. The van der Waals surface area contributed by atoms with E-state index in [9.17, 15) is 14.9 Å². The van der Waals surface area contributed by atoms with E-state index in [-0.39, 0.29) is 16.9 Å². The molecular weight excluding hydrogens is 280 g/mol. The predicted molar refractivity (Wildman–Crippen MR) is 66.9 cm³/mol. The predicted octanol–water partition coefficient (Wildman–Crippen LogP) is 1.75. The average Bonchev–Trinajstić information content (AvgIpc) is 2.47. The zero-order valence-corrected chi connectivity index (χ0v) is 10.3. The van der Waals surface area contributed by atoms with E-state index in [4.69, 9.17) is 15.1 Å². The molecule has 0 bridgehead atoms. The standard InChI is InChI=1S/C12H6N4O5/c13-4-7-3-9(16(19)20)11(15-5-7)21-10-6-14-2-1-8(10)12(17)18/h1-3,5-6H,(H,17,18). The number of nitrogens with zero attached hydrogens (tertiary/aromatic N) is 4. The minimum atomic E-state index is -1.27. The lowest BCUT2D eigenvalue weighted by Gasteiger charge is -2.07. The highest BCUT2D eigenvalue weighted by molar-refractivity contribution is 5.90. The van der Waals surface area contributed by atoms with Gasteiger partial charge in [0.2, 0.25) is 0 Å². The molecule has 0 aliphatic heterocycles. The van der Waals surface area contributed by atoms with Gasteiger partial charge in [0.1, 0.15) is 11.6 Å². The first-order chi connectivity index (χ1) is 10.0. The van der Waals surface area contributed by atoms with E-state index < -0.39 is 22.5 Å². The number of carboxylic acids is 1. The third kappa shape index (κ3) is 2.90. The van der Waals surface area contributed by atoms with Gasteiger partial charge in [0, 0.05) is 18.5 Å². The fraction of sp³-hybridized carbons (Fsp3) is 0. The highest BCUT2D eigenvalue weighted by atomic mass is 16.6. The van der Waals surface area contributed by atoms with E-state index in [0.717, 1.165) is 18.5 Å². The molecular formula is C12H6N4O5. The highest BCUT2D eigenvalue weighted by Gasteiger charge is 2.21. The number of ether oxygens (including phenoxy) is 1. The molecule has 0 radical (unpaired) electrons. The molecule has 0 aromatic carbocycles. The molecule has 2 aromatic rings. The smallest absolute Gasteiger partial charge is 0.339 e. The lowest BCUT2D eigenvalue weighted by atomic mass is 10.2. The topological polar surface area (TPSA) is 139 Å². The van der Waals surface area contributed by atoms with Crippen LogP contribution in [0.1, 0.15) is 15.9 Å². The van der Waals surface area contributed by atoms with E-state index in [1.807, 2.05) is 0 Å². The Labute approximate surface area is 117 Å². The number of carboxylic acid groups (broad SMARTS) is 1. The van der Waals surface area contributed by atoms with Gasteiger partial charge in [0.25, 0.3) is 5.88 Å². The highest BCUT2D eigenvalue weighted by Crippen LogP contribution is 2.30. The van der Waals surface area contributed by atoms with Gasteiger partial charge >= 0.3 is 11.7 Å². The van der Waals surface area contributed by atoms with Crippen molar-refractivity contribution in [2.45, 2.75) is 0 Å². The number of hydrogen-bond donors (Lipinski definition) is 1. The summed E-state index contributed by atoms with van der Waals surface area (Å²) in [6.45, 7) is 0. The van der Waals surface area contributed by atoms with Crippen LogP contribution in [0.3, 0.4) is 0 Å². The second-order valence-electron chi connectivity index (χ2n) is 3.70. The largest absolute Gasteiger partial charge is 0.478 e. The minimum absolute atomic E-state index is 0.0151. The molecule has 0 spiro atoms. The molecule has 0 amide bonds. The zero-order chi connectivity index (χ0) is 15.4. The Hall–Kier alpha value is -3.54. The summed E-state index contributed by atoms with van der Waals surface area (Å²) in [5, 5.41) is 28.6. The number of pyridine rings is 2. The van der Waals surface area contributed by atoms with Gasteiger partial charge in [-0.25, -0.2) is 9.78 Å². The molecule has 0 aliphatic rings. The second kappa shape index (κ2) is 5.62. The van der Waals surface area contributed by atoms with Gasteiger partial charge in [0.05, 0.1) is 16.7 Å². The van der Waals surface area contributed by atoms with Crippen molar-refractivity contribution in [3.63, 3.8) is 0 Å². The molecule has 0 atom stereocenters. The van der Waals surface area contributed by atoms with Gasteiger partial charge in [-0.1, -0.05) is 0 Å². The summed E-state index contributed by atoms with van der Waals surface area (Å²) in [4.78, 5) is 28.5. The van der Waals surface area contributed by atoms with Crippen LogP contribution in [0.4, 0.5) is 5.69 Å². The van der Waals surface area contributed by atoms with Crippen molar-refractivity contribution in [3.05, 3.63) is 52.0 Å². The van der Waals surface area contributed by atoms with E-state index in [1.54, 1.807) is 6.07 Å². The lowest BCUT2D eigenvalue weighted by molar-refractivity contribution is -0.386. The van der Waals surface area contributed by atoms with Crippen molar-refractivity contribution < 1.29 is 19.6 Å². The number of carbonyl (C=O) groups is 1. The summed E-state index contributed by atoms with van der Waals surface area (Å²) < 4.78 is 5.16. The van der Waals surface area contributed by atoms with Gasteiger partial charge in [-0.3, -0.25) is 15.1 Å². The van der Waals surface area contributed by atoms with Crippen molar-refractivity contribution in [3.8, 4) is 17.7 Å². The van der Waals surface area contributed by atoms with Crippen LogP contribution in [-0.2, 0) is 0 Å². The summed E-state index contributed by atoms with van der Waals surface area (Å²) in [6.07, 6.45) is 3.43. The monoisotopic (exact) mass is 286 g/mol. The molecule has 0 fully saturated rings. The molecule has 9 heteroatoms. The lowest BCUT2D eigenvalue weighted by Crippen LogP contribution is -2.03. The normalized spacial score (nSPS) is 9.67. The molecule has 1 N–H and O–H groups in total. The van der Waals surface area contributed by atoms with Gasteiger partial charge < -0.3 is 9.84 Å². The molecule has 2 aromatic heterocycles. The van der Waals surface area contributed by atoms with Crippen molar-refractivity contribution in [2.75, 3.05) is 0 Å². The van der Waals surface area contributed by atoms with E-state index >= 15 is 0 Å². The van der Waals surface area contributed by atoms with Crippen LogP contribution in [-0.4, -0.2) is 26.0 Å². The van der Waals surface area contributed by atoms with Gasteiger partial charge in [-0.05, 0) is 6.07 Å². The van der Waals surface area contributed by atoms with Gasteiger partial charge in [0.15, 0.2) is 5.75 Å². The van der Waals surface area contributed by atoms with Crippen LogP contribution in [0, 0.1) is 21.4 Å². The summed E-state index contributed by atoms with van der Waals surface area (Å²) in [6, 6.07) is 3.89. The Balaban J connectivity index is 2.48. The number of hydrogen-bond acceptors (Lipinski definition) is 7. The van der Waals surface area contributed by atoms with E-state index in [2.05, 4.69) is 9.97 Å². The Bertz CT molecular complexity index is 768. The molecule has 2 rings (SSSR count). The van der Waals surface area contributed by atoms with Crippen LogP contribution < -0.4 is 4.74 Å². The van der Waals surface area contributed by atoms with Crippen molar-refractivity contribution in [1.29, 1.82) is 5.26 Å². The maximum absolute atomic E-state index is 11.0. The first kappa shape index (κ1) is 13.9. The molecule has 0 saturated carbocycles. The summed E-state index contributed by atoms with van der Waals surface area (Å²) in [5.74, 6) is -1.89. The summed E-state index contributed by atoms with van der Waals surface area (Å²) in [5.41, 5.74) is -0.779. The molecule has 2 heterocycles. The molecule has 21 heavy (non-hydrogen) atoms. The number of nitriles is 1. The zero-order valence-electron chi connectivity index (χ0n) is 10.3. The third-order valence-electron chi connectivity index (χ3n) is 2.38. The minimum Gasteiger partial charge on any atom is -0.478 e. The molecule has 0 saturated heterocycles. The maximum Gasteiger partial charge on any atom is 0.339 e. The summed E-state index contributed by atoms with van der Waals surface area (Å²) in [7, 11) is 0. The number of rotatable bonds is 4. The van der Waals surface area contributed by atoms with Gasteiger partial charge in [-0.15, -0.1) is 0 Å². The van der Waals surface area contributed by atoms with Crippen molar-refractivity contribution >= 4 is 11.7 Å². The molecule has 0 unspecified atom stereocenters. The number of aromatic nitrogens is 2.